The smallest absolute Gasteiger partial charge is 0.225 e. The highest BCUT2D eigenvalue weighted by atomic mass is 16.7. The molecule has 0 aromatic carbocycles. The van der Waals surface area contributed by atoms with Crippen LogP contribution in [-0.2, 0) is 14.3 Å². The molecule has 5 heteroatoms. The minimum Gasteiger partial charge on any atom is -0.394 e. The second-order valence-corrected chi connectivity index (χ2v) is 4.18. The molecule has 96 valence electrons. The van der Waals surface area contributed by atoms with E-state index in [0.29, 0.717) is 5.92 Å². The molecule has 0 aliphatic carbocycles. The fraction of sp³-hybridized carbons (Fsp3) is 0.909. The zero-order valence-electron chi connectivity index (χ0n) is 10.5. The summed E-state index contributed by atoms with van der Waals surface area (Å²) in [6.45, 7) is 4.04. The summed E-state index contributed by atoms with van der Waals surface area (Å²) in [5, 5.41) is 11.8. The summed E-state index contributed by atoms with van der Waals surface area (Å²) in [5.74, 6) is 0.256. The van der Waals surface area contributed by atoms with Crippen LogP contribution in [0.2, 0.25) is 0 Å². The van der Waals surface area contributed by atoms with Crippen molar-refractivity contribution in [2.45, 2.75) is 39.0 Å². The van der Waals surface area contributed by atoms with E-state index in [0.717, 1.165) is 6.42 Å². The molecule has 0 aromatic rings. The Morgan fingerprint density at radius 3 is 2.25 bits per heavy atom. The molecule has 0 saturated carbocycles. The summed E-state index contributed by atoms with van der Waals surface area (Å²) in [6.07, 6.45) is 0.368. The van der Waals surface area contributed by atoms with E-state index in [4.69, 9.17) is 14.6 Å². The van der Waals surface area contributed by atoms with Crippen molar-refractivity contribution in [3.8, 4) is 0 Å². The lowest BCUT2D eigenvalue weighted by atomic mass is 10.0. The molecule has 0 bridgehead atoms. The summed E-state index contributed by atoms with van der Waals surface area (Å²) in [4.78, 5) is 11.5. The number of rotatable bonds is 8. The summed E-state index contributed by atoms with van der Waals surface area (Å²) in [6, 6.07) is -0.193. The van der Waals surface area contributed by atoms with E-state index < -0.39 is 6.29 Å². The number of carbonyl (C=O) groups is 1. The third-order valence-corrected chi connectivity index (χ3v) is 2.22. The van der Waals surface area contributed by atoms with Crippen molar-refractivity contribution in [3.63, 3.8) is 0 Å². The minimum absolute atomic E-state index is 0.0471. The van der Waals surface area contributed by atoms with E-state index >= 15 is 0 Å². The first-order valence-electron chi connectivity index (χ1n) is 5.49. The molecule has 0 aromatic heterocycles. The monoisotopic (exact) mass is 233 g/mol. The fourth-order valence-corrected chi connectivity index (χ4v) is 1.45. The first-order valence-corrected chi connectivity index (χ1v) is 5.49. The largest absolute Gasteiger partial charge is 0.394 e. The SMILES string of the molecule is COC(CC(=O)NC(CO)CC(C)C)OC. The van der Waals surface area contributed by atoms with Gasteiger partial charge in [-0.15, -0.1) is 0 Å². The summed E-state index contributed by atoms with van der Waals surface area (Å²) >= 11 is 0. The number of ether oxygens (including phenoxy) is 2. The lowest BCUT2D eigenvalue weighted by Crippen LogP contribution is -2.40. The normalized spacial score (nSPS) is 13.2. The lowest BCUT2D eigenvalue weighted by Gasteiger charge is -2.19. The molecule has 1 unspecified atom stereocenters. The van der Waals surface area contributed by atoms with Gasteiger partial charge in [-0.1, -0.05) is 13.8 Å². The van der Waals surface area contributed by atoms with Gasteiger partial charge in [-0.2, -0.15) is 0 Å². The van der Waals surface area contributed by atoms with E-state index in [9.17, 15) is 4.79 Å². The summed E-state index contributed by atoms with van der Waals surface area (Å²) in [5.41, 5.74) is 0. The highest BCUT2D eigenvalue weighted by Crippen LogP contribution is 2.05. The Kier molecular flexibility index (Phi) is 8.15. The Balaban J connectivity index is 3.99. The minimum atomic E-state index is -0.529. The number of aliphatic hydroxyl groups excluding tert-OH is 1. The molecule has 0 heterocycles. The van der Waals surface area contributed by atoms with Gasteiger partial charge in [0.15, 0.2) is 6.29 Å². The zero-order chi connectivity index (χ0) is 12.6. The molecule has 1 atom stereocenters. The van der Waals surface area contributed by atoms with Gasteiger partial charge in [0.25, 0.3) is 0 Å². The second-order valence-electron chi connectivity index (χ2n) is 4.18. The van der Waals surface area contributed by atoms with Gasteiger partial charge in [-0.25, -0.2) is 0 Å². The first-order chi connectivity index (χ1) is 7.53. The van der Waals surface area contributed by atoms with Crippen LogP contribution < -0.4 is 5.32 Å². The van der Waals surface area contributed by atoms with Gasteiger partial charge in [0.2, 0.25) is 5.91 Å². The van der Waals surface area contributed by atoms with Crippen LogP contribution in [0.3, 0.4) is 0 Å². The average molecular weight is 233 g/mol. The van der Waals surface area contributed by atoms with E-state index in [-0.39, 0.29) is 25.0 Å². The van der Waals surface area contributed by atoms with Crippen LogP contribution in [0.5, 0.6) is 0 Å². The molecule has 0 saturated heterocycles. The molecule has 5 nitrogen and oxygen atoms in total. The van der Waals surface area contributed by atoms with Crippen LogP contribution in [0.25, 0.3) is 0 Å². The standard InChI is InChI=1S/C11H23NO4/c1-8(2)5-9(7-13)12-10(14)6-11(15-3)16-4/h8-9,11,13H,5-7H2,1-4H3,(H,12,14). The van der Waals surface area contributed by atoms with Gasteiger partial charge >= 0.3 is 0 Å². The zero-order valence-corrected chi connectivity index (χ0v) is 10.5. The highest BCUT2D eigenvalue weighted by molar-refractivity contribution is 5.76. The Morgan fingerprint density at radius 1 is 1.31 bits per heavy atom. The van der Waals surface area contributed by atoms with E-state index in [1.54, 1.807) is 0 Å². The van der Waals surface area contributed by atoms with Crippen molar-refractivity contribution >= 4 is 5.91 Å². The maximum absolute atomic E-state index is 11.5. The quantitative estimate of drug-likeness (QED) is 0.600. The maximum Gasteiger partial charge on any atom is 0.225 e. The van der Waals surface area contributed by atoms with Crippen molar-refractivity contribution in [2.24, 2.45) is 5.92 Å². The van der Waals surface area contributed by atoms with Crippen LogP contribution >= 0.6 is 0 Å². The Morgan fingerprint density at radius 2 is 1.88 bits per heavy atom. The molecule has 0 spiro atoms. The number of amides is 1. The molecular weight excluding hydrogens is 210 g/mol. The Hall–Kier alpha value is -0.650. The number of hydrogen-bond donors (Lipinski definition) is 2. The maximum atomic E-state index is 11.5. The van der Waals surface area contributed by atoms with Gasteiger partial charge in [0.05, 0.1) is 19.1 Å². The van der Waals surface area contributed by atoms with Gasteiger partial charge in [-0.3, -0.25) is 4.79 Å². The third kappa shape index (κ3) is 6.76. The highest BCUT2D eigenvalue weighted by Gasteiger charge is 2.16. The molecule has 0 aliphatic heterocycles. The first kappa shape index (κ1) is 15.3. The van der Waals surface area contributed by atoms with Gasteiger partial charge in [-0.05, 0) is 12.3 Å². The molecule has 0 rings (SSSR count). The predicted molar refractivity (Wildman–Crippen MR) is 60.9 cm³/mol. The lowest BCUT2D eigenvalue weighted by molar-refractivity contribution is -0.140. The van der Waals surface area contributed by atoms with Crippen LogP contribution in [-0.4, -0.2) is 44.2 Å². The average Bonchev–Trinajstić information content (AvgIpc) is 2.24. The van der Waals surface area contributed by atoms with E-state index in [1.165, 1.54) is 14.2 Å². The van der Waals surface area contributed by atoms with Crippen LogP contribution in [0.1, 0.15) is 26.7 Å². The van der Waals surface area contributed by atoms with Crippen molar-refractivity contribution in [2.75, 3.05) is 20.8 Å². The Bertz CT molecular complexity index is 192. The third-order valence-electron chi connectivity index (χ3n) is 2.22. The number of aliphatic hydroxyl groups is 1. The van der Waals surface area contributed by atoms with E-state index in [2.05, 4.69) is 5.32 Å². The van der Waals surface area contributed by atoms with Gasteiger partial charge in [0, 0.05) is 14.2 Å². The molecule has 0 aliphatic rings. The molecule has 16 heavy (non-hydrogen) atoms. The van der Waals surface area contributed by atoms with Gasteiger partial charge < -0.3 is 19.9 Å². The number of nitrogens with one attached hydrogen (secondary N) is 1. The van der Waals surface area contributed by atoms with Crippen molar-refractivity contribution in [3.05, 3.63) is 0 Å². The molecule has 1 amide bonds. The van der Waals surface area contributed by atoms with Crippen LogP contribution in [0.15, 0.2) is 0 Å². The van der Waals surface area contributed by atoms with Crippen LogP contribution in [0.4, 0.5) is 0 Å². The van der Waals surface area contributed by atoms with Gasteiger partial charge in [0.1, 0.15) is 0 Å². The number of methoxy groups -OCH3 is 2. The number of carbonyl (C=O) groups excluding carboxylic acids is 1. The molecule has 2 N–H and O–H groups in total. The van der Waals surface area contributed by atoms with E-state index in [1.807, 2.05) is 13.8 Å². The Labute approximate surface area is 97.1 Å². The van der Waals surface area contributed by atoms with Crippen molar-refractivity contribution in [1.29, 1.82) is 0 Å². The number of hydrogen-bond acceptors (Lipinski definition) is 4. The fourth-order valence-electron chi connectivity index (χ4n) is 1.45. The molecule has 0 fully saturated rings. The van der Waals surface area contributed by atoms with Crippen LogP contribution in [0, 0.1) is 5.92 Å². The van der Waals surface area contributed by atoms with Crippen molar-refractivity contribution in [1.82, 2.24) is 5.32 Å². The second kappa shape index (κ2) is 8.50. The van der Waals surface area contributed by atoms with Crippen molar-refractivity contribution < 1.29 is 19.4 Å². The summed E-state index contributed by atoms with van der Waals surface area (Å²) in [7, 11) is 2.97. The predicted octanol–water partition coefficient (Wildman–Crippen LogP) is 0.519. The molecular formula is C11H23NO4. The molecule has 0 radical (unpaired) electrons. The summed E-state index contributed by atoms with van der Waals surface area (Å²) < 4.78 is 9.84. The topological polar surface area (TPSA) is 67.8 Å².